The van der Waals surface area contributed by atoms with Crippen molar-refractivity contribution in [2.45, 2.75) is 35.4 Å². The first-order valence-corrected chi connectivity index (χ1v) is 13.6. The number of hydrogen-bond acceptors (Lipinski definition) is 5. The van der Waals surface area contributed by atoms with Crippen molar-refractivity contribution in [1.29, 1.82) is 0 Å². The number of fused-ring (bicyclic) bond motifs is 4. The van der Waals surface area contributed by atoms with Gasteiger partial charge in [0, 0.05) is 18.0 Å². The molecule has 2 aliphatic heterocycles. The summed E-state index contributed by atoms with van der Waals surface area (Å²) in [6, 6.07) is 5.51. The zero-order valence-electron chi connectivity index (χ0n) is 21.4. The van der Waals surface area contributed by atoms with E-state index >= 15 is 0 Å². The molecule has 0 bridgehead atoms. The number of halogens is 7. The zero-order valence-corrected chi connectivity index (χ0v) is 22.9. The SMILES string of the molecule is CCN1C(=O)[C@H]2[C@H](CC=C3[C@H]2C[C@@]2(Cl)C(=O)N(c4c(F)c(F)c(F)c(F)c4F)C(=O)[C@@]2(Cl)[C@H]3c2ccccc2O)C1=O. The standard InChI is InChI=1S/C28H19Cl2F5N2O5/c1-2-36-23(39)12-8-7-10-13(15(12)24(36)40)9-27(29)25(41)37(22-20(34)18(32)17(31)19(33)21(22)35)26(42)28(27,30)16(10)11-5-3-4-6-14(11)38/h3-7,12-13,15-16,38H,2,8-9H2,1H3/t12-,13+,15-,16+,27+,28-/m0/s1. The van der Waals surface area contributed by atoms with Gasteiger partial charge in [0.2, 0.25) is 17.6 Å². The van der Waals surface area contributed by atoms with Crippen LogP contribution in [0.4, 0.5) is 27.6 Å². The van der Waals surface area contributed by atoms with E-state index in [0.29, 0.717) is 0 Å². The quantitative estimate of drug-likeness (QED) is 0.133. The van der Waals surface area contributed by atoms with Crippen molar-refractivity contribution in [2.24, 2.45) is 17.8 Å². The van der Waals surface area contributed by atoms with Gasteiger partial charge in [0.25, 0.3) is 11.8 Å². The molecule has 7 nitrogen and oxygen atoms in total. The average molecular weight is 629 g/mol. The molecule has 6 rings (SSSR count). The van der Waals surface area contributed by atoms with E-state index in [9.17, 15) is 46.2 Å². The van der Waals surface area contributed by atoms with Crippen LogP contribution in [-0.2, 0) is 19.2 Å². The van der Waals surface area contributed by atoms with Crippen LogP contribution in [0.25, 0.3) is 0 Å². The van der Waals surface area contributed by atoms with Gasteiger partial charge in [-0.1, -0.05) is 29.8 Å². The number of anilines is 1. The first-order chi connectivity index (χ1) is 19.7. The van der Waals surface area contributed by atoms with Gasteiger partial charge >= 0.3 is 0 Å². The molecule has 2 aromatic rings. The molecule has 2 saturated heterocycles. The minimum atomic E-state index is -2.67. The Labute approximate surface area is 244 Å². The highest BCUT2D eigenvalue weighted by Gasteiger charge is 2.77. The number of benzene rings is 2. The fraction of sp³-hybridized carbons (Fsp3) is 0.357. The van der Waals surface area contributed by atoms with Crippen LogP contribution >= 0.6 is 23.2 Å². The first-order valence-electron chi connectivity index (χ1n) is 12.8. The van der Waals surface area contributed by atoms with Crippen LogP contribution in [0.3, 0.4) is 0 Å². The normalized spacial score (nSPS) is 32.2. The Morgan fingerprint density at radius 3 is 2.07 bits per heavy atom. The fourth-order valence-electron chi connectivity index (χ4n) is 7.02. The molecule has 2 heterocycles. The van der Waals surface area contributed by atoms with Gasteiger partial charge in [-0.05, 0) is 31.7 Å². The Balaban J connectivity index is 1.61. The van der Waals surface area contributed by atoms with Gasteiger partial charge in [-0.15, -0.1) is 23.2 Å². The number of carbonyl (C=O) groups is 4. The molecule has 42 heavy (non-hydrogen) atoms. The van der Waals surface area contributed by atoms with Crippen LogP contribution in [0.5, 0.6) is 5.75 Å². The maximum atomic E-state index is 15.0. The summed E-state index contributed by atoms with van der Waals surface area (Å²) < 4.78 is 72.2. The third-order valence-corrected chi connectivity index (χ3v) is 10.3. The topological polar surface area (TPSA) is 95.0 Å². The van der Waals surface area contributed by atoms with Crippen LogP contribution in [0.2, 0.25) is 0 Å². The van der Waals surface area contributed by atoms with Gasteiger partial charge in [0.1, 0.15) is 11.4 Å². The molecule has 14 heteroatoms. The number of imide groups is 2. The lowest BCUT2D eigenvalue weighted by molar-refractivity contribution is -0.140. The molecule has 220 valence electrons. The molecule has 1 saturated carbocycles. The minimum Gasteiger partial charge on any atom is -0.508 e. The molecule has 2 aliphatic carbocycles. The highest BCUT2D eigenvalue weighted by Crippen LogP contribution is 2.66. The number of aromatic hydroxyl groups is 1. The number of hydrogen-bond donors (Lipinski definition) is 1. The molecule has 3 fully saturated rings. The van der Waals surface area contributed by atoms with Crippen molar-refractivity contribution in [3.05, 3.63) is 70.6 Å². The number of allylic oxidation sites excluding steroid dienone is 2. The number of para-hydroxylation sites is 1. The third-order valence-electron chi connectivity index (χ3n) is 8.88. The molecule has 0 radical (unpaired) electrons. The lowest BCUT2D eigenvalue weighted by Crippen LogP contribution is -2.60. The maximum Gasteiger partial charge on any atom is 0.258 e. The minimum absolute atomic E-state index is 0.0351. The van der Waals surface area contributed by atoms with Gasteiger partial charge < -0.3 is 5.11 Å². The highest BCUT2D eigenvalue weighted by molar-refractivity contribution is 6.58. The van der Waals surface area contributed by atoms with Crippen molar-refractivity contribution in [3.63, 3.8) is 0 Å². The first kappa shape index (κ1) is 28.6. The summed E-state index contributed by atoms with van der Waals surface area (Å²) in [4.78, 5) is 50.0. The molecular formula is C28H19Cl2F5N2O5. The van der Waals surface area contributed by atoms with E-state index in [2.05, 4.69) is 0 Å². The van der Waals surface area contributed by atoms with E-state index < -0.39 is 104 Å². The molecule has 0 aromatic heterocycles. The van der Waals surface area contributed by atoms with Crippen LogP contribution in [-0.4, -0.2) is 49.9 Å². The lowest BCUT2D eigenvalue weighted by Gasteiger charge is -2.50. The monoisotopic (exact) mass is 628 g/mol. The fourth-order valence-corrected chi connectivity index (χ4v) is 7.95. The Hall–Kier alpha value is -3.51. The molecule has 0 spiro atoms. The molecule has 0 unspecified atom stereocenters. The van der Waals surface area contributed by atoms with Crippen LogP contribution in [0, 0.1) is 46.8 Å². The summed E-state index contributed by atoms with van der Waals surface area (Å²) in [6.45, 7) is 1.66. The number of nitrogens with zero attached hydrogens (tertiary/aromatic N) is 2. The summed E-state index contributed by atoms with van der Waals surface area (Å²) in [5.41, 5.74) is -1.63. The van der Waals surface area contributed by atoms with Gasteiger partial charge in [-0.2, -0.15) is 0 Å². The number of phenols is 1. The van der Waals surface area contributed by atoms with E-state index in [1.807, 2.05) is 0 Å². The van der Waals surface area contributed by atoms with Gasteiger partial charge in [-0.25, -0.2) is 26.9 Å². The molecule has 6 atom stereocenters. The van der Waals surface area contributed by atoms with Crippen molar-refractivity contribution in [1.82, 2.24) is 4.90 Å². The molecule has 1 N–H and O–H groups in total. The number of likely N-dealkylation sites (tertiary alicyclic amines) is 1. The molecule has 2 aromatic carbocycles. The van der Waals surface area contributed by atoms with Gasteiger partial charge in [0.05, 0.1) is 11.8 Å². The predicted octanol–water partition coefficient (Wildman–Crippen LogP) is 4.67. The summed E-state index contributed by atoms with van der Waals surface area (Å²) >= 11 is 13.9. The Morgan fingerprint density at radius 2 is 1.48 bits per heavy atom. The van der Waals surface area contributed by atoms with E-state index in [1.54, 1.807) is 13.0 Å². The summed E-state index contributed by atoms with van der Waals surface area (Å²) in [7, 11) is 0. The van der Waals surface area contributed by atoms with Crippen LogP contribution in [0.15, 0.2) is 35.9 Å². The van der Waals surface area contributed by atoms with E-state index in [4.69, 9.17) is 23.2 Å². The third kappa shape index (κ3) is 3.27. The molecule has 4 aliphatic rings. The number of phenolic OH excluding ortho intramolecular Hbond substituents is 1. The van der Waals surface area contributed by atoms with Crippen molar-refractivity contribution in [2.75, 3.05) is 11.4 Å². The number of carbonyl (C=O) groups excluding carboxylic acids is 4. The smallest absolute Gasteiger partial charge is 0.258 e. The zero-order chi connectivity index (χ0) is 30.6. The second-order valence-corrected chi connectivity index (χ2v) is 11.9. The summed E-state index contributed by atoms with van der Waals surface area (Å²) in [6.07, 6.45) is 1.00. The van der Waals surface area contributed by atoms with E-state index in [1.165, 1.54) is 24.3 Å². The highest BCUT2D eigenvalue weighted by atomic mass is 35.5. The predicted molar refractivity (Wildman–Crippen MR) is 137 cm³/mol. The van der Waals surface area contributed by atoms with Crippen LogP contribution in [0.1, 0.15) is 31.2 Å². The maximum absolute atomic E-state index is 15.0. The van der Waals surface area contributed by atoms with Crippen LogP contribution < -0.4 is 4.90 Å². The van der Waals surface area contributed by atoms with Crippen molar-refractivity contribution in [3.8, 4) is 5.75 Å². The average Bonchev–Trinajstić information content (AvgIpc) is 3.29. The number of alkyl halides is 2. The van der Waals surface area contributed by atoms with Crippen molar-refractivity contribution >= 4 is 52.5 Å². The Kier molecular flexibility index (Phi) is 6.29. The lowest BCUT2D eigenvalue weighted by atomic mass is 9.56. The summed E-state index contributed by atoms with van der Waals surface area (Å²) in [5, 5.41) is 10.8. The van der Waals surface area contributed by atoms with Gasteiger partial charge in [0.15, 0.2) is 33.0 Å². The molecular weight excluding hydrogens is 610 g/mol. The van der Waals surface area contributed by atoms with E-state index in [0.717, 1.165) is 4.90 Å². The van der Waals surface area contributed by atoms with Crippen molar-refractivity contribution < 1.29 is 46.2 Å². The number of amides is 4. The van der Waals surface area contributed by atoms with E-state index in [-0.39, 0.29) is 29.0 Å². The summed E-state index contributed by atoms with van der Waals surface area (Å²) in [5.74, 6) is -21.3. The Morgan fingerprint density at radius 1 is 0.881 bits per heavy atom. The second kappa shape index (κ2) is 9.24. The largest absolute Gasteiger partial charge is 0.508 e. The van der Waals surface area contributed by atoms with Gasteiger partial charge in [-0.3, -0.25) is 24.1 Å². The Bertz CT molecular complexity index is 1640. The second-order valence-electron chi connectivity index (χ2n) is 10.7. The molecule has 4 amide bonds. The number of rotatable bonds is 3.